The van der Waals surface area contributed by atoms with Gasteiger partial charge in [-0.2, -0.15) is 0 Å². The molecular formula is C64H63CuN9O6. The number of hydrogen-bond acceptors (Lipinski definition) is 8. The number of benzene rings is 4. The maximum Gasteiger partial charge on any atom is 2.00 e. The van der Waals surface area contributed by atoms with Crippen LogP contribution in [0.25, 0.3) is 90.5 Å². The third-order valence-electron chi connectivity index (χ3n) is 13.4. The molecule has 0 spiro atoms. The maximum atomic E-state index is 13.9. The molecule has 3 aromatic heterocycles. The number of nitrogens with one attached hydrogen (secondary N) is 4. The molecule has 9 rings (SSSR count). The van der Waals surface area contributed by atoms with E-state index in [1.807, 2.05) is 108 Å². The Morgan fingerprint density at radius 1 is 0.412 bits per heavy atom. The van der Waals surface area contributed by atoms with Gasteiger partial charge in [0.1, 0.15) is 5.69 Å². The fourth-order valence-corrected chi connectivity index (χ4v) is 8.87. The zero-order chi connectivity index (χ0) is 56.9. The van der Waals surface area contributed by atoms with Crippen LogP contribution in [-0.4, -0.2) is 38.5 Å². The third kappa shape index (κ3) is 11.7. The molecule has 80 heavy (non-hydrogen) atoms. The standard InChI is InChI=1S/C64H65N9O6.Cu/c1-61(2,3)57(74)69-40-25-17-13-21-36(40)52-44-29-30-45(65-44)53(37-22-14-18-26-41(37)70-58(75)62(4,5)6)47-33-34-49(67-47)55(39-24-16-20-28-43(39)72-60(77)64(10,11)12)56-51(73(78)79)35-50(68-56)54(48-32-31-46(52)66-48)38-23-15-19-27-42(38)71-59(76)63(7,8)9;/h13-35H,1-12H3,(H6,65,66,67,68,69,70,71,72,74,75,76,77);/q;+2/p-2. The predicted octanol–water partition coefficient (Wildman–Crippen LogP) is 14.1. The first-order valence-corrected chi connectivity index (χ1v) is 26.1. The molecule has 0 atom stereocenters. The molecule has 4 amide bonds. The normalized spacial score (nSPS) is 12.5. The van der Waals surface area contributed by atoms with Crippen LogP contribution in [0.2, 0.25) is 0 Å². The molecule has 0 saturated carbocycles. The summed E-state index contributed by atoms with van der Waals surface area (Å²) in [5.74, 6) is -1.01. The number of anilines is 4. The van der Waals surface area contributed by atoms with Gasteiger partial charge in [0.15, 0.2) is 0 Å². The van der Waals surface area contributed by atoms with Gasteiger partial charge in [-0.05, 0) is 53.1 Å². The second kappa shape index (κ2) is 21.8. The van der Waals surface area contributed by atoms with E-state index in [1.165, 1.54) is 6.08 Å². The van der Waals surface area contributed by atoms with Crippen molar-refractivity contribution in [2.24, 2.45) is 21.7 Å². The van der Waals surface area contributed by atoms with E-state index in [2.05, 4.69) is 21.3 Å². The number of rotatable bonds is 9. The van der Waals surface area contributed by atoms with Gasteiger partial charge in [0.2, 0.25) is 23.6 Å². The van der Waals surface area contributed by atoms with E-state index in [9.17, 15) is 29.3 Å². The Hall–Kier alpha value is -8.72. The summed E-state index contributed by atoms with van der Waals surface area (Å²) >= 11 is 0. The summed E-state index contributed by atoms with van der Waals surface area (Å²) < 4.78 is 0. The van der Waals surface area contributed by atoms with Crippen molar-refractivity contribution in [2.75, 3.05) is 21.3 Å². The molecule has 2 aliphatic heterocycles. The Labute approximate surface area is 475 Å². The number of aromatic nitrogens is 4. The smallest absolute Gasteiger partial charge is 0.657 e. The van der Waals surface area contributed by atoms with Crippen LogP contribution >= 0.6 is 0 Å². The summed E-state index contributed by atoms with van der Waals surface area (Å²) in [4.78, 5) is 89.9. The summed E-state index contributed by atoms with van der Waals surface area (Å²) in [5.41, 5.74) is 4.45. The van der Waals surface area contributed by atoms with E-state index in [0.717, 1.165) is 0 Å². The van der Waals surface area contributed by atoms with Crippen LogP contribution in [0.15, 0.2) is 121 Å². The molecule has 15 nitrogen and oxygen atoms in total. The van der Waals surface area contributed by atoms with Crippen molar-refractivity contribution < 1.29 is 41.2 Å². The third-order valence-corrected chi connectivity index (χ3v) is 13.4. The molecule has 8 bridgehead atoms. The molecule has 0 fully saturated rings. The van der Waals surface area contributed by atoms with Gasteiger partial charge in [0.05, 0.1) is 22.0 Å². The SMILES string of the molecule is CC(C)(C)C(=O)Nc1ccccc1-c1c2nc(c(-c3ccccc3NC(=O)C(C)(C)C)c3ccc([n-]3)c(-c3ccccc3NC(=O)C(C)(C)C)c3nc(c(-c4ccccc4NC(=O)C(C)(C)C)c4ccc1[n-]4)C=C3[N+](=O)[O-])C=C2.[Cu+2]. The quantitative estimate of drug-likeness (QED) is 0.0609. The molecular weight excluding hydrogens is 1050 g/mol. The number of fused-ring (bicyclic) bond motifs is 8. The van der Waals surface area contributed by atoms with Gasteiger partial charge < -0.3 is 31.2 Å². The molecule has 411 valence electrons. The van der Waals surface area contributed by atoms with Crippen LogP contribution in [0.3, 0.4) is 0 Å². The van der Waals surface area contributed by atoms with Crippen molar-refractivity contribution in [1.82, 2.24) is 19.9 Å². The summed E-state index contributed by atoms with van der Waals surface area (Å²) in [6.45, 7) is 21.8. The minimum atomic E-state index is -0.822. The minimum absolute atomic E-state index is 0. The van der Waals surface area contributed by atoms with Crippen molar-refractivity contribution in [3.63, 3.8) is 0 Å². The van der Waals surface area contributed by atoms with Gasteiger partial charge in [-0.15, -0.1) is 22.1 Å². The zero-order valence-electron chi connectivity index (χ0n) is 46.8. The molecule has 0 unspecified atom stereocenters. The Morgan fingerprint density at radius 2 is 0.688 bits per heavy atom. The Balaban J connectivity index is 0.00000841. The van der Waals surface area contributed by atoms with Crippen molar-refractivity contribution >= 4 is 92.4 Å². The van der Waals surface area contributed by atoms with E-state index < -0.39 is 26.6 Å². The Bertz CT molecular complexity index is 3910. The first-order chi connectivity index (χ1) is 37.2. The molecule has 7 aromatic rings. The van der Waals surface area contributed by atoms with E-state index in [4.69, 9.17) is 19.9 Å². The van der Waals surface area contributed by atoms with Gasteiger partial charge >= 0.3 is 17.1 Å². The summed E-state index contributed by atoms with van der Waals surface area (Å²) in [5, 5.41) is 26.2. The average Bonchev–Trinajstić information content (AvgIpc) is 4.39. The van der Waals surface area contributed by atoms with Gasteiger partial charge in [0, 0.05) is 78.3 Å². The largest absolute Gasteiger partial charge is 2.00 e. The topological polar surface area (TPSA) is 214 Å². The predicted molar refractivity (Wildman–Crippen MR) is 317 cm³/mol. The molecule has 4 aromatic carbocycles. The molecule has 1 radical (unpaired) electrons. The summed E-state index contributed by atoms with van der Waals surface area (Å²) in [7, 11) is 0. The first kappa shape index (κ1) is 57.5. The van der Waals surface area contributed by atoms with E-state index in [0.29, 0.717) is 89.6 Å². The van der Waals surface area contributed by atoms with Crippen LogP contribution in [0.1, 0.15) is 106 Å². The number of nitro groups is 1. The van der Waals surface area contributed by atoms with Crippen LogP contribution in [0, 0.1) is 31.8 Å². The Morgan fingerprint density at radius 3 is 0.988 bits per heavy atom. The number of hydrogen-bond donors (Lipinski definition) is 4. The fraction of sp³-hybridized carbons (Fsp3) is 0.250. The molecule has 16 heteroatoms. The molecule has 4 N–H and O–H groups in total. The monoisotopic (exact) mass is 1120 g/mol. The van der Waals surface area contributed by atoms with E-state index in [1.54, 1.807) is 108 Å². The fourth-order valence-electron chi connectivity index (χ4n) is 8.87. The van der Waals surface area contributed by atoms with Crippen LogP contribution in [0.4, 0.5) is 22.7 Å². The van der Waals surface area contributed by atoms with Crippen LogP contribution in [0.5, 0.6) is 0 Å². The van der Waals surface area contributed by atoms with Gasteiger partial charge in [-0.3, -0.25) is 29.3 Å². The Kier molecular flexibility index (Phi) is 15.7. The minimum Gasteiger partial charge on any atom is -0.657 e. The van der Waals surface area contributed by atoms with Gasteiger partial charge in [-0.1, -0.05) is 180 Å². The molecule has 0 aliphatic carbocycles. The summed E-state index contributed by atoms with van der Waals surface area (Å²) in [6.07, 6.45) is 5.14. The zero-order valence-corrected chi connectivity index (χ0v) is 47.7. The van der Waals surface area contributed by atoms with Gasteiger partial charge in [-0.25, -0.2) is 9.97 Å². The maximum absolute atomic E-state index is 13.9. The van der Waals surface area contributed by atoms with E-state index >= 15 is 0 Å². The van der Waals surface area contributed by atoms with Crippen molar-refractivity contribution in [3.05, 3.63) is 154 Å². The summed E-state index contributed by atoms with van der Waals surface area (Å²) in [6, 6.07) is 36.1. The number of amides is 4. The first-order valence-electron chi connectivity index (χ1n) is 26.1. The average molecular weight is 1120 g/mol. The molecule has 0 saturated heterocycles. The molecule has 5 heterocycles. The number of carbonyl (C=O) groups excluding carboxylic acids is 4. The number of para-hydroxylation sites is 4. The van der Waals surface area contributed by atoms with E-state index in [-0.39, 0.29) is 68.9 Å². The van der Waals surface area contributed by atoms with Crippen molar-refractivity contribution in [3.8, 4) is 44.5 Å². The van der Waals surface area contributed by atoms with Crippen LogP contribution in [-0.2, 0) is 36.2 Å². The van der Waals surface area contributed by atoms with Crippen molar-refractivity contribution in [2.45, 2.75) is 83.1 Å². The second-order valence-electron chi connectivity index (χ2n) is 23.8. The number of carbonyl (C=O) groups is 4. The molecule has 2 aliphatic rings. The van der Waals surface area contributed by atoms with Crippen molar-refractivity contribution in [1.29, 1.82) is 0 Å². The van der Waals surface area contributed by atoms with Crippen LogP contribution < -0.4 is 31.2 Å². The second-order valence-corrected chi connectivity index (χ2v) is 23.8. The van der Waals surface area contributed by atoms with Gasteiger partial charge in [0.25, 0.3) is 5.70 Å². The number of nitrogens with zero attached hydrogens (tertiary/aromatic N) is 5.